The van der Waals surface area contributed by atoms with Crippen molar-refractivity contribution in [3.63, 3.8) is 0 Å². The lowest BCUT2D eigenvalue weighted by Crippen LogP contribution is -2.19. The highest BCUT2D eigenvalue weighted by Crippen LogP contribution is 2.30. The first kappa shape index (κ1) is 19.7. The van der Waals surface area contributed by atoms with Crippen LogP contribution in [-0.2, 0) is 11.2 Å². The number of ether oxygens (including phenoxy) is 1. The van der Waals surface area contributed by atoms with Crippen molar-refractivity contribution >= 4 is 34.5 Å². The van der Waals surface area contributed by atoms with Gasteiger partial charge < -0.3 is 9.15 Å². The Morgan fingerprint density at radius 1 is 1.10 bits per heavy atom. The summed E-state index contributed by atoms with van der Waals surface area (Å²) in [5.41, 5.74) is 4.33. The minimum atomic E-state index is -0.198. The number of nitrogens with one attached hydrogen (secondary N) is 1. The van der Waals surface area contributed by atoms with Crippen molar-refractivity contribution in [2.24, 2.45) is 5.10 Å². The molecule has 1 amide bonds. The van der Waals surface area contributed by atoms with E-state index in [4.69, 9.17) is 20.8 Å². The quantitative estimate of drug-likeness (QED) is 0.334. The van der Waals surface area contributed by atoms with Gasteiger partial charge in [-0.15, -0.1) is 0 Å². The molecule has 1 heterocycles. The van der Waals surface area contributed by atoms with Crippen molar-refractivity contribution in [1.29, 1.82) is 0 Å². The predicted molar refractivity (Wildman–Crippen MR) is 119 cm³/mol. The molecular weight excluding hydrogens is 400 g/mol. The Hall–Kier alpha value is -3.57. The summed E-state index contributed by atoms with van der Waals surface area (Å²) in [6.07, 6.45) is 1.71. The fourth-order valence-corrected chi connectivity index (χ4v) is 3.48. The zero-order valence-corrected chi connectivity index (χ0v) is 17.0. The Balaban J connectivity index is 1.40. The Labute approximate surface area is 178 Å². The van der Waals surface area contributed by atoms with E-state index in [0.29, 0.717) is 22.3 Å². The van der Waals surface area contributed by atoms with Gasteiger partial charge in [0.05, 0.1) is 24.8 Å². The third kappa shape index (κ3) is 4.36. The smallest absolute Gasteiger partial charge is 0.244 e. The Morgan fingerprint density at radius 2 is 1.93 bits per heavy atom. The molecular formula is C24H19ClN2O3. The third-order valence-electron chi connectivity index (χ3n) is 4.68. The van der Waals surface area contributed by atoms with E-state index in [9.17, 15) is 4.79 Å². The van der Waals surface area contributed by atoms with Crippen molar-refractivity contribution in [3.05, 3.63) is 89.1 Å². The molecule has 0 radical (unpaired) electrons. The van der Waals surface area contributed by atoms with Crippen molar-refractivity contribution in [2.45, 2.75) is 6.42 Å². The van der Waals surface area contributed by atoms with Crippen LogP contribution < -0.4 is 10.2 Å². The molecule has 30 heavy (non-hydrogen) atoms. The monoisotopic (exact) mass is 418 g/mol. The summed E-state index contributed by atoms with van der Waals surface area (Å²) in [6, 6.07) is 22.9. The van der Waals surface area contributed by atoms with Gasteiger partial charge in [-0.05, 0) is 46.7 Å². The molecule has 0 aliphatic carbocycles. The van der Waals surface area contributed by atoms with Gasteiger partial charge in [0, 0.05) is 5.56 Å². The average Bonchev–Trinajstić information content (AvgIpc) is 3.23. The summed E-state index contributed by atoms with van der Waals surface area (Å²) in [6.45, 7) is 0. The van der Waals surface area contributed by atoms with E-state index in [2.05, 4.69) is 10.5 Å². The number of carbonyl (C=O) groups is 1. The number of hydrogen-bond donors (Lipinski definition) is 1. The van der Waals surface area contributed by atoms with E-state index >= 15 is 0 Å². The number of nitrogens with zero attached hydrogens (tertiary/aromatic N) is 1. The van der Waals surface area contributed by atoms with Crippen LogP contribution in [0.5, 0.6) is 5.75 Å². The van der Waals surface area contributed by atoms with Gasteiger partial charge in [-0.25, -0.2) is 5.43 Å². The second-order valence-electron chi connectivity index (χ2n) is 6.66. The van der Waals surface area contributed by atoms with E-state index in [1.54, 1.807) is 25.3 Å². The number of methoxy groups -OCH3 is 1. The van der Waals surface area contributed by atoms with Gasteiger partial charge in [0.15, 0.2) is 0 Å². The van der Waals surface area contributed by atoms with Crippen LogP contribution in [0.2, 0.25) is 5.02 Å². The lowest BCUT2D eigenvalue weighted by atomic mass is 10.0. The SMILES string of the molecule is COc1ccc(-c2ccc(C=NNC(=O)Cc3cccc4ccccc34)o2)cc1Cl. The maximum Gasteiger partial charge on any atom is 0.244 e. The van der Waals surface area contributed by atoms with Crippen LogP contribution >= 0.6 is 11.6 Å². The second kappa shape index (κ2) is 8.84. The maximum atomic E-state index is 12.3. The van der Waals surface area contributed by atoms with Gasteiger partial charge in [-0.1, -0.05) is 54.1 Å². The minimum Gasteiger partial charge on any atom is -0.495 e. The van der Waals surface area contributed by atoms with Crippen LogP contribution in [0.1, 0.15) is 11.3 Å². The number of benzene rings is 3. The molecule has 0 saturated carbocycles. The Morgan fingerprint density at radius 3 is 2.77 bits per heavy atom. The number of hydrogen-bond acceptors (Lipinski definition) is 4. The molecule has 150 valence electrons. The molecule has 3 aromatic carbocycles. The van der Waals surface area contributed by atoms with Crippen molar-refractivity contribution in [3.8, 4) is 17.1 Å². The molecule has 0 saturated heterocycles. The van der Waals surface area contributed by atoms with Gasteiger partial charge in [-0.2, -0.15) is 5.10 Å². The highest BCUT2D eigenvalue weighted by atomic mass is 35.5. The van der Waals surface area contributed by atoms with E-state index in [0.717, 1.165) is 21.9 Å². The second-order valence-corrected chi connectivity index (χ2v) is 7.07. The summed E-state index contributed by atoms with van der Waals surface area (Å²) in [7, 11) is 1.57. The topological polar surface area (TPSA) is 63.8 Å². The standard InChI is InChI=1S/C24H19ClN2O3/c1-29-23-11-9-18(13-21(23)25)22-12-10-19(30-22)15-26-27-24(28)14-17-7-4-6-16-5-2-3-8-20(16)17/h2-13,15H,14H2,1H3,(H,27,28). The van der Waals surface area contributed by atoms with Crippen LogP contribution in [0, 0.1) is 0 Å². The van der Waals surface area contributed by atoms with Crippen molar-refractivity contribution in [2.75, 3.05) is 7.11 Å². The number of hydrazone groups is 1. The molecule has 0 fully saturated rings. The van der Waals surface area contributed by atoms with Gasteiger partial charge in [0.1, 0.15) is 17.3 Å². The van der Waals surface area contributed by atoms with E-state index < -0.39 is 0 Å². The fourth-order valence-electron chi connectivity index (χ4n) is 3.22. The molecule has 0 aliphatic rings. The first-order valence-corrected chi connectivity index (χ1v) is 9.74. The van der Waals surface area contributed by atoms with Crippen molar-refractivity contribution < 1.29 is 13.9 Å². The molecule has 0 atom stereocenters. The van der Waals surface area contributed by atoms with Gasteiger partial charge >= 0.3 is 0 Å². The van der Waals surface area contributed by atoms with Gasteiger partial charge in [-0.3, -0.25) is 4.79 Å². The molecule has 0 bridgehead atoms. The molecule has 1 N–H and O–H groups in total. The van der Waals surface area contributed by atoms with Crippen LogP contribution in [0.4, 0.5) is 0 Å². The lowest BCUT2D eigenvalue weighted by molar-refractivity contribution is -0.120. The normalized spacial score (nSPS) is 11.1. The van der Waals surface area contributed by atoms with E-state index in [1.165, 1.54) is 6.21 Å². The summed E-state index contributed by atoms with van der Waals surface area (Å²) in [4.78, 5) is 12.3. The third-order valence-corrected chi connectivity index (χ3v) is 4.97. The highest BCUT2D eigenvalue weighted by molar-refractivity contribution is 6.32. The molecule has 4 aromatic rings. The zero-order valence-electron chi connectivity index (χ0n) is 16.3. The van der Waals surface area contributed by atoms with Crippen LogP contribution in [0.25, 0.3) is 22.1 Å². The Kier molecular flexibility index (Phi) is 5.82. The number of rotatable bonds is 6. The molecule has 5 nitrogen and oxygen atoms in total. The van der Waals surface area contributed by atoms with E-state index in [-0.39, 0.29) is 12.3 Å². The molecule has 6 heteroatoms. The summed E-state index contributed by atoms with van der Waals surface area (Å²) < 4.78 is 10.9. The van der Waals surface area contributed by atoms with Crippen LogP contribution in [-0.4, -0.2) is 19.2 Å². The summed E-state index contributed by atoms with van der Waals surface area (Å²) in [5.74, 6) is 1.56. The Bertz CT molecular complexity index is 1220. The van der Waals surface area contributed by atoms with Crippen molar-refractivity contribution in [1.82, 2.24) is 5.43 Å². The number of amides is 1. The minimum absolute atomic E-state index is 0.198. The number of carbonyl (C=O) groups excluding carboxylic acids is 1. The molecule has 0 aliphatic heterocycles. The van der Waals surface area contributed by atoms with E-state index in [1.807, 2.05) is 54.6 Å². The number of fused-ring (bicyclic) bond motifs is 1. The van der Waals surface area contributed by atoms with Gasteiger partial charge in [0.2, 0.25) is 5.91 Å². The van der Waals surface area contributed by atoms with Gasteiger partial charge in [0.25, 0.3) is 0 Å². The van der Waals surface area contributed by atoms with Crippen LogP contribution in [0.3, 0.4) is 0 Å². The number of halogens is 1. The first-order valence-electron chi connectivity index (χ1n) is 9.36. The average molecular weight is 419 g/mol. The summed E-state index contributed by atoms with van der Waals surface area (Å²) in [5, 5.41) is 6.68. The lowest BCUT2D eigenvalue weighted by Gasteiger charge is -2.05. The fraction of sp³-hybridized carbons (Fsp3) is 0.0833. The zero-order chi connectivity index (χ0) is 20.9. The summed E-state index contributed by atoms with van der Waals surface area (Å²) >= 11 is 6.17. The molecule has 0 spiro atoms. The largest absolute Gasteiger partial charge is 0.495 e. The first-order chi connectivity index (χ1) is 14.6. The van der Waals surface area contributed by atoms with Crippen LogP contribution in [0.15, 0.2) is 82.3 Å². The molecule has 1 aromatic heterocycles. The highest BCUT2D eigenvalue weighted by Gasteiger charge is 2.08. The predicted octanol–water partition coefficient (Wildman–Crippen LogP) is 5.45. The maximum absolute atomic E-state index is 12.3. The number of furan rings is 1. The molecule has 4 rings (SSSR count). The molecule has 0 unspecified atom stereocenters.